The van der Waals surface area contributed by atoms with Gasteiger partial charge >= 0.3 is 0 Å². The third-order valence-electron chi connectivity index (χ3n) is 2.97. The molecule has 6 nitrogen and oxygen atoms in total. The topological polar surface area (TPSA) is 67.2 Å². The number of nitrogens with zero attached hydrogens (tertiary/aromatic N) is 3. The summed E-state index contributed by atoms with van der Waals surface area (Å²) in [5.74, 6) is 0.508. The second kappa shape index (κ2) is 5.62. The minimum atomic E-state index is -0.217. The van der Waals surface area contributed by atoms with E-state index in [1.165, 1.54) is 10.8 Å². The highest BCUT2D eigenvalue weighted by Crippen LogP contribution is 2.03. The van der Waals surface area contributed by atoms with Gasteiger partial charge in [0.25, 0.3) is 5.56 Å². The fraction of sp³-hybridized carbons (Fsp3) is 0.545. The molecule has 0 spiro atoms. The molecule has 0 radical (unpaired) electrons. The molecule has 1 saturated heterocycles. The van der Waals surface area contributed by atoms with Crippen molar-refractivity contribution >= 4 is 21.8 Å². The van der Waals surface area contributed by atoms with E-state index in [9.17, 15) is 9.59 Å². The van der Waals surface area contributed by atoms with Gasteiger partial charge in [-0.2, -0.15) is 0 Å². The van der Waals surface area contributed by atoms with Crippen molar-refractivity contribution in [2.45, 2.75) is 13.5 Å². The van der Waals surface area contributed by atoms with Crippen LogP contribution < -0.4 is 10.9 Å². The van der Waals surface area contributed by atoms with E-state index in [1.54, 1.807) is 11.8 Å². The average Bonchev–Trinajstić information content (AvgIpc) is 2.40. The fourth-order valence-electron chi connectivity index (χ4n) is 1.89. The first-order chi connectivity index (χ1) is 8.59. The molecule has 0 unspecified atom stereocenters. The van der Waals surface area contributed by atoms with Crippen molar-refractivity contribution < 1.29 is 4.79 Å². The molecule has 2 heterocycles. The number of carbonyl (C=O) groups excluding carboxylic acids is 1. The molecule has 1 N–H and O–H groups in total. The van der Waals surface area contributed by atoms with Gasteiger partial charge in [-0.25, -0.2) is 4.98 Å². The van der Waals surface area contributed by atoms with Gasteiger partial charge in [0, 0.05) is 32.4 Å². The predicted octanol–water partition coefficient (Wildman–Crippen LogP) is -0.254. The van der Waals surface area contributed by atoms with Crippen LogP contribution in [0.3, 0.4) is 0 Å². The van der Waals surface area contributed by atoms with Crippen LogP contribution in [0.4, 0.5) is 0 Å². The molecule has 1 fully saturated rings. The van der Waals surface area contributed by atoms with Crippen molar-refractivity contribution in [3.63, 3.8) is 0 Å². The number of piperazine rings is 1. The highest BCUT2D eigenvalue weighted by molar-refractivity contribution is 9.10. The molecule has 0 saturated carbocycles. The number of amides is 1. The van der Waals surface area contributed by atoms with E-state index >= 15 is 0 Å². The van der Waals surface area contributed by atoms with Crippen LogP contribution in [-0.2, 0) is 11.3 Å². The molecule has 18 heavy (non-hydrogen) atoms. The molecule has 0 bridgehead atoms. The van der Waals surface area contributed by atoms with Crippen molar-refractivity contribution in [3.8, 4) is 0 Å². The molecule has 2 rings (SSSR count). The Balaban J connectivity index is 2.16. The smallest absolute Gasteiger partial charge is 0.268 e. The summed E-state index contributed by atoms with van der Waals surface area (Å²) in [5, 5.41) is 3.18. The Morgan fingerprint density at radius 3 is 2.83 bits per heavy atom. The van der Waals surface area contributed by atoms with E-state index in [0.717, 1.165) is 13.1 Å². The number of rotatable bonds is 2. The van der Waals surface area contributed by atoms with Crippen LogP contribution in [0.1, 0.15) is 5.82 Å². The first-order valence-electron chi connectivity index (χ1n) is 5.80. The number of carbonyl (C=O) groups is 1. The van der Waals surface area contributed by atoms with Gasteiger partial charge in [-0.15, -0.1) is 0 Å². The molecule has 1 aromatic heterocycles. The third kappa shape index (κ3) is 2.78. The van der Waals surface area contributed by atoms with E-state index in [4.69, 9.17) is 0 Å². The first-order valence-corrected chi connectivity index (χ1v) is 6.59. The van der Waals surface area contributed by atoms with Crippen LogP contribution >= 0.6 is 15.9 Å². The van der Waals surface area contributed by atoms with Gasteiger partial charge in [0.05, 0.1) is 0 Å². The van der Waals surface area contributed by atoms with Crippen LogP contribution in [0.25, 0.3) is 0 Å². The van der Waals surface area contributed by atoms with Gasteiger partial charge in [0.2, 0.25) is 5.91 Å². The predicted molar refractivity (Wildman–Crippen MR) is 70.4 cm³/mol. The minimum Gasteiger partial charge on any atom is -0.339 e. The molecular formula is C11H15BrN4O2. The number of halogens is 1. The number of hydrogen-bond donors (Lipinski definition) is 1. The van der Waals surface area contributed by atoms with Crippen molar-refractivity contribution in [2.75, 3.05) is 26.2 Å². The van der Waals surface area contributed by atoms with E-state index < -0.39 is 0 Å². The maximum Gasteiger partial charge on any atom is 0.268 e. The van der Waals surface area contributed by atoms with Crippen LogP contribution in [0.15, 0.2) is 15.5 Å². The quantitative estimate of drug-likeness (QED) is 0.817. The minimum absolute atomic E-state index is 0.0402. The van der Waals surface area contributed by atoms with Crippen molar-refractivity contribution in [1.82, 2.24) is 19.8 Å². The number of aromatic nitrogens is 2. The third-order valence-corrected chi connectivity index (χ3v) is 3.51. The van der Waals surface area contributed by atoms with Crippen molar-refractivity contribution in [1.29, 1.82) is 0 Å². The van der Waals surface area contributed by atoms with Crippen LogP contribution in [0, 0.1) is 6.92 Å². The zero-order chi connectivity index (χ0) is 13.1. The van der Waals surface area contributed by atoms with Crippen molar-refractivity contribution in [2.24, 2.45) is 0 Å². The van der Waals surface area contributed by atoms with E-state index in [-0.39, 0.29) is 18.0 Å². The Kier molecular flexibility index (Phi) is 4.13. The second-order valence-electron chi connectivity index (χ2n) is 4.18. The lowest BCUT2D eigenvalue weighted by Crippen LogP contribution is -2.48. The van der Waals surface area contributed by atoms with Gasteiger partial charge in [0.1, 0.15) is 16.8 Å². The monoisotopic (exact) mass is 314 g/mol. The lowest BCUT2D eigenvalue weighted by atomic mass is 10.3. The summed E-state index contributed by atoms with van der Waals surface area (Å²) >= 11 is 3.14. The molecule has 1 aromatic rings. The summed E-state index contributed by atoms with van der Waals surface area (Å²) in [6, 6.07) is 0. The molecule has 7 heteroatoms. The van der Waals surface area contributed by atoms with Gasteiger partial charge in [-0.05, 0) is 22.9 Å². The van der Waals surface area contributed by atoms with Crippen molar-refractivity contribution in [3.05, 3.63) is 26.8 Å². The maximum absolute atomic E-state index is 12.1. The normalized spacial score (nSPS) is 15.8. The second-order valence-corrected chi connectivity index (χ2v) is 5.03. The number of hydrogen-bond acceptors (Lipinski definition) is 4. The molecular weight excluding hydrogens is 300 g/mol. The van der Waals surface area contributed by atoms with Gasteiger partial charge < -0.3 is 10.2 Å². The highest BCUT2D eigenvalue weighted by atomic mass is 79.9. The summed E-state index contributed by atoms with van der Waals surface area (Å²) in [5.41, 5.74) is -0.217. The highest BCUT2D eigenvalue weighted by Gasteiger charge is 2.18. The zero-order valence-electron chi connectivity index (χ0n) is 10.1. The van der Waals surface area contributed by atoms with E-state index in [1.807, 2.05) is 0 Å². The average molecular weight is 315 g/mol. The maximum atomic E-state index is 12.1. The molecule has 98 valence electrons. The summed E-state index contributed by atoms with van der Waals surface area (Å²) < 4.78 is 1.77. The number of nitrogens with one attached hydrogen (secondary N) is 1. The van der Waals surface area contributed by atoms with Gasteiger partial charge in [-0.1, -0.05) is 0 Å². The molecule has 0 aromatic carbocycles. The Labute approximate surface area is 113 Å². The van der Waals surface area contributed by atoms with Crippen LogP contribution in [0.5, 0.6) is 0 Å². The molecule has 1 aliphatic heterocycles. The lowest BCUT2D eigenvalue weighted by molar-refractivity contribution is -0.132. The standard InChI is InChI=1S/C11H15BrN4O2/c1-8-14-6-9(12)11(18)16(8)7-10(17)15-4-2-13-3-5-15/h6,13H,2-5,7H2,1H3. The summed E-state index contributed by atoms with van der Waals surface area (Å²) in [4.78, 5) is 29.8. The Bertz CT molecular complexity index is 508. The fourth-order valence-corrected chi connectivity index (χ4v) is 2.20. The van der Waals surface area contributed by atoms with Crippen LogP contribution in [0.2, 0.25) is 0 Å². The summed E-state index contributed by atoms with van der Waals surface area (Å²) in [7, 11) is 0. The van der Waals surface area contributed by atoms with E-state index in [0.29, 0.717) is 23.4 Å². The SMILES string of the molecule is Cc1ncc(Br)c(=O)n1CC(=O)N1CCNCC1. The molecule has 1 amide bonds. The number of aryl methyl sites for hydroxylation is 1. The first kappa shape index (κ1) is 13.2. The Hall–Kier alpha value is -1.21. The van der Waals surface area contributed by atoms with Gasteiger partial charge in [0.15, 0.2) is 0 Å². The largest absolute Gasteiger partial charge is 0.339 e. The Morgan fingerprint density at radius 1 is 1.50 bits per heavy atom. The van der Waals surface area contributed by atoms with E-state index in [2.05, 4.69) is 26.2 Å². The summed E-state index contributed by atoms with van der Waals surface area (Å²) in [6.07, 6.45) is 1.46. The Morgan fingerprint density at radius 2 is 2.17 bits per heavy atom. The zero-order valence-corrected chi connectivity index (χ0v) is 11.7. The molecule has 1 aliphatic rings. The van der Waals surface area contributed by atoms with Crippen LogP contribution in [-0.4, -0.2) is 46.5 Å². The lowest BCUT2D eigenvalue weighted by Gasteiger charge is -2.27. The summed E-state index contributed by atoms with van der Waals surface area (Å²) in [6.45, 7) is 4.75. The molecule has 0 aliphatic carbocycles. The van der Waals surface area contributed by atoms with Gasteiger partial charge in [-0.3, -0.25) is 14.2 Å². The molecule has 0 atom stereocenters.